The molecule has 0 aliphatic rings. The third kappa shape index (κ3) is 5.51. The smallest absolute Gasteiger partial charge is 0.311 e. The lowest BCUT2D eigenvalue weighted by Gasteiger charge is -2.30. The molecule has 3 heteroatoms. The summed E-state index contributed by atoms with van der Waals surface area (Å²) >= 11 is 2.26. The first kappa shape index (κ1) is 16.2. The Bertz CT molecular complexity index is 222. The van der Waals surface area contributed by atoms with Crippen LogP contribution in [0.2, 0.25) is 0 Å². The highest BCUT2D eigenvalue weighted by Gasteiger charge is 2.35. The highest BCUT2D eigenvalue weighted by Crippen LogP contribution is 2.32. The maximum atomic E-state index is 12.0. The summed E-state index contributed by atoms with van der Waals surface area (Å²) < 4.78 is 5.70. The summed E-state index contributed by atoms with van der Waals surface area (Å²) in [5.74, 6) is 0.902. The summed E-state index contributed by atoms with van der Waals surface area (Å²) in [6.45, 7) is 13.0. The fourth-order valence-corrected chi connectivity index (χ4v) is 1.76. The molecule has 0 bridgehead atoms. The topological polar surface area (TPSA) is 26.3 Å². The van der Waals surface area contributed by atoms with Crippen LogP contribution < -0.4 is 0 Å². The van der Waals surface area contributed by atoms with E-state index in [0.717, 1.165) is 6.42 Å². The minimum atomic E-state index is -0.379. The van der Waals surface area contributed by atoms with E-state index in [1.165, 1.54) is 0 Å². The van der Waals surface area contributed by atoms with Crippen molar-refractivity contribution >= 4 is 28.6 Å². The van der Waals surface area contributed by atoms with Crippen molar-refractivity contribution in [2.24, 2.45) is 17.3 Å². The highest BCUT2D eigenvalue weighted by molar-refractivity contribution is 14.1. The molecule has 0 saturated heterocycles. The summed E-state index contributed by atoms with van der Waals surface area (Å²) in [4.78, 5) is 12.0. The van der Waals surface area contributed by atoms with Gasteiger partial charge >= 0.3 is 5.97 Å². The number of carbonyl (C=O) groups excluding carboxylic acids is 1. The molecule has 2 nitrogen and oxygen atoms in total. The summed E-state index contributed by atoms with van der Waals surface area (Å²) in [7, 11) is 0. The van der Waals surface area contributed by atoms with Crippen LogP contribution in [0.1, 0.15) is 48.0 Å². The number of esters is 1. The molecule has 0 radical (unpaired) electrons. The van der Waals surface area contributed by atoms with Crippen molar-refractivity contribution < 1.29 is 9.53 Å². The van der Waals surface area contributed by atoms with E-state index in [9.17, 15) is 4.79 Å². The lowest BCUT2D eigenvalue weighted by atomic mass is 9.76. The van der Waals surface area contributed by atoms with Crippen LogP contribution in [-0.4, -0.2) is 16.5 Å². The van der Waals surface area contributed by atoms with Crippen molar-refractivity contribution in [1.29, 1.82) is 0 Å². The summed E-state index contributed by atoms with van der Waals surface area (Å²) in [5, 5.41) is 0. The predicted octanol–water partition coefficient (Wildman–Crippen LogP) is 4.06. The van der Waals surface area contributed by atoms with E-state index in [1.807, 2.05) is 20.8 Å². The third-order valence-electron chi connectivity index (χ3n) is 3.03. The molecule has 0 rings (SSSR count). The van der Waals surface area contributed by atoms with E-state index in [-0.39, 0.29) is 11.4 Å². The zero-order valence-electron chi connectivity index (χ0n) is 11.3. The van der Waals surface area contributed by atoms with Crippen molar-refractivity contribution in [3.63, 3.8) is 0 Å². The van der Waals surface area contributed by atoms with Gasteiger partial charge in [0.15, 0.2) is 0 Å². The van der Waals surface area contributed by atoms with Crippen molar-refractivity contribution in [2.75, 3.05) is 6.61 Å². The van der Waals surface area contributed by atoms with Crippen molar-refractivity contribution in [1.82, 2.24) is 0 Å². The Labute approximate surface area is 114 Å². The fourth-order valence-electron chi connectivity index (χ4n) is 1.58. The molecular weight excluding hydrogens is 315 g/mol. The minimum absolute atomic E-state index is 0.0656. The predicted molar refractivity (Wildman–Crippen MR) is 76.8 cm³/mol. The van der Waals surface area contributed by atoms with E-state index < -0.39 is 0 Å². The average molecular weight is 340 g/mol. The normalized spacial score (nSPS) is 16.0. The van der Waals surface area contributed by atoms with E-state index in [0.29, 0.717) is 22.4 Å². The van der Waals surface area contributed by atoms with Gasteiger partial charge in [0.05, 0.1) is 5.41 Å². The van der Waals surface area contributed by atoms with Crippen LogP contribution in [0.15, 0.2) is 0 Å². The summed E-state index contributed by atoms with van der Waals surface area (Å²) in [6.07, 6.45) is 1.06. The molecule has 0 amide bonds. The highest BCUT2D eigenvalue weighted by atomic mass is 127. The first-order valence-electron chi connectivity index (χ1n) is 5.99. The Balaban J connectivity index is 4.34. The first-order chi connectivity index (χ1) is 7.17. The van der Waals surface area contributed by atoms with Crippen LogP contribution in [0.25, 0.3) is 0 Å². The SMILES string of the molecule is CC(C)CC(C)C(C)(C)C(=O)OCC(C)I. The lowest BCUT2D eigenvalue weighted by Crippen LogP contribution is -2.34. The maximum Gasteiger partial charge on any atom is 0.311 e. The van der Waals surface area contributed by atoms with Gasteiger partial charge in [-0.25, -0.2) is 0 Å². The van der Waals surface area contributed by atoms with Crippen LogP contribution in [0.5, 0.6) is 0 Å². The van der Waals surface area contributed by atoms with Crippen LogP contribution in [-0.2, 0) is 9.53 Å². The number of halogens is 1. The van der Waals surface area contributed by atoms with Gasteiger partial charge in [0.25, 0.3) is 0 Å². The minimum Gasteiger partial charge on any atom is -0.464 e. The van der Waals surface area contributed by atoms with Gasteiger partial charge in [0.1, 0.15) is 6.61 Å². The number of ether oxygens (including phenoxy) is 1. The molecule has 0 aliphatic heterocycles. The summed E-state index contributed by atoms with van der Waals surface area (Å²) in [5.41, 5.74) is -0.379. The Hall–Kier alpha value is 0.200. The van der Waals surface area contributed by atoms with Crippen molar-refractivity contribution in [2.45, 2.75) is 51.9 Å². The molecule has 2 unspecified atom stereocenters. The molecule has 0 spiro atoms. The molecule has 96 valence electrons. The second kappa shape index (κ2) is 6.82. The number of hydrogen-bond acceptors (Lipinski definition) is 2. The zero-order chi connectivity index (χ0) is 12.9. The molecule has 0 aromatic rings. The van der Waals surface area contributed by atoms with Gasteiger partial charge in [-0.3, -0.25) is 4.79 Å². The molecular formula is C13H25IO2. The molecule has 0 heterocycles. The third-order valence-corrected chi connectivity index (χ3v) is 3.39. The largest absolute Gasteiger partial charge is 0.464 e. The van der Waals surface area contributed by atoms with E-state index in [4.69, 9.17) is 4.74 Å². The number of carbonyl (C=O) groups is 1. The van der Waals surface area contributed by atoms with Gasteiger partial charge in [-0.2, -0.15) is 0 Å². The molecule has 16 heavy (non-hydrogen) atoms. The molecule has 2 atom stereocenters. The second-order valence-corrected chi connectivity index (χ2v) is 7.76. The Morgan fingerprint density at radius 1 is 1.25 bits per heavy atom. The van der Waals surface area contributed by atoms with Crippen LogP contribution in [0.3, 0.4) is 0 Å². The molecule has 0 aromatic heterocycles. The molecule has 0 aromatic carbocycles. The number of rotatable bonds is 6. The molecule has 0 N–H and O–H groups in total. The zero-order valence-corrected chi connectivity index (χ0v) is 13.5. The fraction of sp³-hybridized carbons (Fsp3) is 0.923. The van der Waals surface area contributed by atoms with E-state index >= 15 is 0 Å². The van der Waals surface area contributed by atoms with Crippen LogP contribution >= 0.6 is 22.6 Å². The average Bonchev–Trinajstić information content (AvgIpc) is 2.12. The van der Waals surface area contributed by atoms with Gasteiger partial charge < -0.3 is 4.74 Å². The van der Waals surface area contributed by atoms with Crippen LogP contribution in [0.4, 0.5) is 0 Å². The van der Waals surface area contributed by atoms with Gasteiger partial charge in [-0.15, -0.1) is 0 Å². The molecule has 0 fully saturated rings. The number of hydrogen-bond donors (Lipinski definition) is 0. The van der Waals surface area contributed by atoms with Crippen molar-refractivity contribution in [3.05, 3.63) is 0 Å². The Kier molecular flexibility index (Phi) is 6.90. The molecule has 0 saturated carbocycles. The Morgan fingerprint density at radius 3 is 2.12 bits per heavy atom. The quantitative estimate of drug-likeness (QED) is 0.414. The second-order valence-electron chi connectivity index (χ2n) is 5.63. The number of alkyl halides is 1. The lowest BCUT2D eigenvalue weighted by molar-refractivity contribution is -0.156. The van der Waals surface area contributed by atoms with Crippen LogP contribution in [0, 0.1) is 17.3 Å². The maximum absolute atomic E-state index is 12.0. The van der Waals surface area contributed by atoms with Gasteiger partial charge in [0, 0.05) is 3.92 Å². The van der Waals surface area contributed by atoms with Gasteiger partial charge in [0.2, 0.25) is 0 Å². The first-order valence-corrected chi connectivity index (χ1v) is 7.23. The summed E-state index contributed by atoms with van der Waals surface area (Å²) in [6, 6.07) is 0. The van der Waals surface area contributed by atoms with E-state index in [2.05, 4.69) is 43.4 Å². The molecule has 0 aliphatic carbocycles. The van der Waals surface area contributed by atoms with Gasteiger partial charge in [-0.1, -0.05) is 50.3 Å². The van der Waals surface area contributed by atoms with E-state index in [1.54, 1.807) is 0 Å². The standard InChI is InChI=1S/C13H25IO2/c1-9(2)7-10(3)13(5,6)12(15)16-8-11(4)14/h9-11H,7-8H2,1-6H3. The van der Waals surface area contributed by atoms with Crippen molar-refractivity contribution in [3.8, 4) is 0 Å². The monoisotopic (exact) mass is 340 g/mol. The Morgan fingerprint density at radius 2 is 1.75 bits per heavy atom. The van der Waals surface area contributed by atoms with Gasteiger partial charge in [-0.05, 0) is 32.1 Å².